The highest BCUT2D eigenvalue weighted by molar-refractivity contribution is 5.90. The normalized spacial score (nSPS) is 16.5. The van der Waals surface area contributed by atoms with E-state index < -0.39 is 0 Å². The number of carbonyl (C=O) groups is 1. The standard InChI is InChI=1S/C30H43FO2/c1-8-10-11-12-13-19-33-29(32)25-16-17-26(24(9-2)20-25)28(31)23(5)22(4)27-21(3)15-14-18-30(27,6)7/h16-17,20H,4,8-15,18-19H2,1-3,5-7H3. The van der Waals surface area contributed by atoms with Crippen LogP contribution in [0.5, 0.6) is 0 Å². The van der Waals surface area contributed by atoms with Gasteiger partial charge in [-0.15, -0.1) is 0 Å². The molecule has 1 aliphatic rings. The van der Waals surface area contributed by atoms with Crippen LogP contribution in [0, 0.1) is 5.41 Å². The van der Waals surface area contributed by atoms with Crippen molar-refractivity contribution in [2.24, 2.45) is 5.41 Å². The molecule has 1 aromatic carbocycles. The summed E-state index contributed by atoms with van der Waals surface area (Å²) in [4.78, 5) is 12.5. The number of allylic oxidation sites excluding steroid dienone is 4. The summed E-state index contributed by atoms with van der Waals surface area (Å²) >= 11 is 0. The fourth-order valence-electron chi connectivity index (χ4n) is 4.99. The maximum atomic E-state index is 15.7. The van der Waals surface area contributed by atoms with Crippen molar-refractivity contribution < 1.29 is 13.9 Å². The Labute approximate surface area is 201 Å². The third-order valence-corrected chi connectivity index (χ3v) is 6.98. The van der Waals surface area contributed by atoms with Gasteiger partial charge in [0.2, 0.25) is 0 Å². The van der Waals surface area contributed by atoms with E-state index in [-0.39, 0.29) is 17.2 Å². The van der Waals surface area contributed by atoms with Gasteiger partial charge >= 0.3 is 5.97 Å². The molecule has 0 fully saturated rings. The number of unbranched alkanes of at least 4 members (excludes halogenated alkanes) is 4. The summed E-state index contributed by atoms with van der Waals surface area (Å²) in [5.41, 5.74) is 5.72. The van der Waals surface area contributed by atoms with Gasteiger partial charge in [0.05, 0.1) is 12.2 Å². The Kier molecular flexibility index (Phi) is 10.1. The van der Waals surface area contributed by atoms with E-state index in [0.717, 1.165) is 43.2 Å². The molecule has 0 N–H and O–H groups in total. The zero-order valence-electron chi connectivity index (χ0n) is 21.7. The monoisotopic (exact) mass is 454 g/mol. The van der Waals surface area contributed by atoms with Crippen molar-refractivity contribution in [3.05, 3.63) is 63.8 Å². The van der Waals surface area contributed by atoms with Crippen LogP contribution < -0.4 is 0 Å². The van der Waals surface area contributed by atoms with Crippen molar-refractivity contribution in [2.75, 3.05) is 6.61 Å². The summed E-state index contributed by atoms with van der Waals surface area (Å²) in [6, 6.07) is 5.17. The van der Waals surface area contributed by atoms with Crippen molar-refractivity contribution in [3.8, 4) is 0 Å². The number of carbonyl (C=O) groups excluding carboxylic acids is 1. The Morgan fingerprint density at radius 2 is 1.85 bits per heavy atom. The second kappa shape index (κ2) is 12.3. The van der Waals surface area contributed by atoms with Gasteiger partial charge < -0.3 is 4.74 Å². The minimum Gasteiger partial charge on any atom is -0.462 e. The van der Waals surface area contributed by atoms with Gasteiger partial charge in [-0.05, 0) is 85.8 Å². The summed E-state index contributed by atoms with van der Waals surface area (Å²) in [6.45, 7) is 17.3. The third kappa shape index (κ3) is 6.91. The zero-order chi connectivity index (χ0) is 24.6. The van der Waals surface area contributed by atoms with Crippen molar-refractivity contribution in [1.82, 2.24) is 0 Å². The van der Waals surface area contributed by atoms with E-state index in [1.165, 1.54) is 30.4 Å². The molecule has 182 valence electrons. The summed E-state index contributed by atoms with van der Waals surface area (Å²) in [6.07, 6.45) is 9.47. The van der Waals surface area contributed by atoms with Crippen LogP contribution in [0.25, 0.3) is 5.83 Å². The molecule has 0 unspecified atom stereocenters. The van der Waals surface area contributed by atoms with Crippen LogP contribution >= 0.6 is 0 Å². The second-order valence-corrected chi connectivity index (χ2v) is 10.1. The molecule has 2 rings (SSSR count). The first kappa shape index (κ1) is 27.1. The zero-order valence-corrected chi connectivity index (χ0v) is 21.7. The fourth-order valence-corrected chi connectivity index (χ4v) is 4.99. The van der Waals surface area contributed by atoms with E-state index in [0.29, 0.717) is 29.7 Å². The van der Waals surface area contributed by atoms with Crippen LogP contribution in [0.3, 0.4) is 0 Å². The van der Waals surface area contributed by atoms with E-state index in [1.807, 2.05) is 13.8 Å². The summed E-state index contributed by atoms with van der Waals surface area (Å²) in [7, 11) is 0. The molecule has 0 saturated carbocycles. The molecule has 1 aromatic rings. The molecule has 3 heteroatoms. The van der Waals surface area contributed by atoms with Gasteiger partial charge in [-0.25, -0.2) is 9.18 Å². The number of halogens is 1. The Bertz CT molecular complexity index is 917. The van der Waals surface area contributed by atoms with E-state index in [4.69, 9.17) is 4.74 Å². The highest BCUT2D eigenvalue weighted by Gasteiger charge is 2.31. The molecule has 0 bridgehead atoms. The highest BCUT2D eigenvalue weighted by atomic mass is 19.1. The van der Waals surface area contributed by atoms with Crippen molar-refractivity contribution >= 4 is 11.8 Å². The molecule has 0 saturated heterocycles. The number of aryl methyl sites for hydroxylation is 1. The van der Waals surface area contributed by atoms with Crippen molar-refractivity contribution in [2.45, 2.75) is 99.3 Å². The molecule has 1 aliphatic carbocycles. The topological polar surface area (TPSA) is 26.3 Å². The summed E-state index contributed by atoms with van der Waals surface area (Å²) in [5, 5.41) is 0. The van der Waals surface area contributed by atoms with Crippen LogP contribution in [0.2, 0.25) is 0 Å². The van der Waals surface area contributed by atoms with Crippen LogP contribution in [0.1, 0.15) is 114 Å². The average molecular weight is 455 g/mol. The Balaban J connectivity index is 2.21. The molecule has 0 radical (unpaired) electrons. The first-order valence-corrected chi connectivity index (χ1v) is 12.7. The van der Waals surface area contributed by atoms with E-state index >= 15 is 4.39 Å². The fraction of sp³-hybridized carbons (Fsp3) is 0.567. The predicted octanol–water partition coefficient (Wildman–Crippen LogP) is 9.16. The van der Waals surface area contributed by atoms with Crippen LogP contribution in [0.4, 0.5) is 4.39 Å². The van der Waals surface area contributed by atoms with Crippen LogP contribution in [0.15, 0.2) is 47.1 Å². The Morgan fingerprint density at radius 1 is 1.15 bits per heavy atom. The SMILES string of the molecule is C=C(C(C)=C(F)c1ccc(C(=O)OCCCCCCC)cc1CC)C1=C(C)CCCC1(C)C. The second-order valence-electron chi connectivity index (χ2n) is 10.1. The van der Waals surface area contributed by atoms with Gasteiger partial charge in [0.15, 0.2) is 0 Å². The Hall–Kier alpha value is -2.16. The molecule has 0 spiro atoms. The minimum atomic E-state index is -0.331. The minimum absolute atomic E-state index is 0.00129. The van der Waals surface area contributed by atoms with Gasteiger partial charge in [-0.1, -0.05) is 71.6 Å². The molecule has 0 amide bonds. The molecule has 0 atom stereocenters. The average Bonchev–Trinajstić information content (AvgIpc) is 2.78. The molecule has 0 aromatic heterocycles. The molecular weight excluding hydrogens is 411 g/mol. The van der Waals surface area contributed by atoms with E-state index in [9.17, 15) is 4.79 Å². The molecule has 0 aliphatic heterocycles. The van der Waals surface area contributed by atoms with Gasteiger partial charge in [-0.3, -0.25) is 0 Å². The third-order valence-electron chi connectivity index (χ3n) is 6.98. The molecular formula is C30H43FO2. The first-order chi connectivity index (χ1) is 15.6. The Morgan fingerprint density at radius 3 is 2.48 bits per heavy atom. The lowest BCUT2D eigenvalue weighted by Crippen LogP contribution is -2.22. The summed E-state index contributed by atoms with van der Waals surface area (Å²) in [5.74, 6) is -0.587. The maximum Gasteiger partial charge on any atom is 0.338 e. The van der Waals surface area contributed by atoms with E-state index in [2.05, 4.69) is 34.3 Å². The van der Waals surface area contributed by atoms with Crippen molar-refractivity contribution in [3.63, 3.8) is 0 Å². The van der Waals surface area contributed by atoms with Crippen molar-refractivity contribution in [1.29, 1.82) is 0 Å². The van der Waals surface area contributed by atoms with Crippen LogP contribution in [-0.4, -0.2) is 12.6 Å². The smallest absolute Gasteiger partial charge is 0.338 e. The van der Waals surface area contributed by atoms with Gasteiger partial charge in [0.1, 0.15) is 5.83 Å². The lowest BCUT2D eigenvalue weighted by Gasteiger charge is -2.36. The molecule has 33 heavy (non-hydrogen) atoms. The number of hydrogen-bond donors (Lipinski definition) is 0. The summed E-state index contributed by atoms with van der Waals surface area (Å²) < 4.78 is 21.2. The highest BCUT2D eigenvalue weighted by Crippen LogP contribution is 2.46. The lowest BCUT2D eigenvalue weighted by molar-refractivity contribution is 0.0497. The number of esters is 1. The molecule has 2 nitrogen and oxygen atoms in total. The quantitative estimate of drug-likeness (QED) is 0.189. The predicted molar refractivity (Wildman–Crippen MR) is 138 cm³/mol. The molecule has 0 heterocycles. The number of ether oxygens (including phenoxy) is 1. The maximum absolute atomic E-state index is 15.7. The van der Waals surface area contributed by atoms with Gasteiger partial charge in [0, 0.05) is 5.56 Å². The van der Waals surface area contributed by atoms with Crippen LogP contribution in [-0.2, 0) is 11.2 Å². The number of hydrogen-bond acceptors (Lipinski definition) is 2. The number of rotatable bonds is 11. The van der Waals surface area contributed by atoms with Gasteiger partial charge in [0.25, 0.3) is 0 Å². The lowest BCUT2D eigenvalue weighted by atomic mass is 9.69. The first-order valence-electron chi connectivity index (χ1n) is 12.7. The van der Waals surface area contributed by atoms with Gasteiger partial charge in [-0.2, -0.15) is 0 Å². The largest absolute Gasteiger partial charge is 0.462 e. The van der Waals surface area contributed by atoms with E-state index in [1.54, 1.807) is 18.2 Å². The number of benzene rings is 1.